The van der Waals surface area contributed by atoms with Crippen LogP contribution in [0.4, 0.5) is 0 Å². The standard InChI is InChI=1S/C37H30O3/c1-28-17-22-36(40-33-15-9-4-10-16-33)27-37(28,29-18-23-34(24-19-29)38-31-11-5-2-6-12-31)30-20-25-35(26-21-30)39-32-13-7-3-8-14-32/h2-28H,1H3. The number of hydrogen-bond acceptors (Lipinski definition) is 3. The van der Waals surface area contributed by atoms with E-state index in [-0.39, 0.29) is 5.92 Å². The van der Waals surface area contributed by atoms with E-state index in [0.717, 1.165) is 45.6 Å². The van der Waals surface area contributed by atoms with Crippen LogP contribution in [-0.4, -0.2) is 0 Å². The van der Waals surface area contributed by atoms with Crippen LogP contribution >= 0.6 is 0 Å². The second-order valence-corrected chi connectivity index (χ2v) is 9.86. The highest BCUT2D eigenvalue weighted by atomic mass is 16.5. The van der Waals surface area contributed by atoms with Crippen LogP contribution in [0.2, 0.25) is 0 Å². The summed E-state index contributed by atoms with van der Waals surface area (Å²) >= 11 is 0. The molecule has 1 unspecified atom stereocenters. The molecule has 3 heteroatoms. The summed E-state index contributed by atoms with van der Waals surface area (Å²) in [5, 5.41) is 0. The number of benzene rings is 5. The fourth-order valence-corrected chi connectivity index (χ4v) is 5.19. The maximum atomic E-state index is 6.33. The van der Waals surface area contributed by atoms with Crippen LogP contribution in [0.25, 0.3) is 0 Å². The molecule has 0 aliphatic heterocycles. The molecule has 5 aromatic carbocycles. The van der Waals surface area contributed by atoms with Gasteiger partial charge in [-0.25, -0.2) is 0 Å². The lowest BCUT2D eigenvalue weighted by Crippen LogP contribution is -2.34. The fraction of sp³-hybridized carbons (Fsp3) is 0.0811. The van der Waals surface area contributed by atoms with E-state index in [9.17, 15) is 0 Å². The fourth-order valence-electron chi connectivity index (χ4n) is 5.19. The van der Waals surface area contributed by atoms with Crippen LogP contribution in [0.1, 0.15) is 18.1 Å². The molecule has 40 heavy (non-hydrogen) atoms. The van der Waals surface area contributed by atoms with E-state index in [0.29, 0.717) is 0 Å². The summed E-state index contributed by atoms with van der Waals surface area (Å²) in [6.07, 6.45) is 6.53. The minimum absolute atomic E-state index is 0.164. The van der Waals surface area contributed by atoms with Gasteiger partial charge < -0.3 is 14.2 Å². The van der Waals surface area contributed by atoms with Gasteiger partial charge in [0.25, 0.3) is 0 Å². The van der Waals surface area contributed by atoms with Gasteiger partial charge in [-0.2, -0.15) is 0 Å². The van der Waals surface area contributed by atoms with Crippen molar-refractivity contribution in [3.8, 4) is 28.7 Å². The molecule has 1 aliphatic rings. The van der Waals surface area contributed by atoms with Crippen molar-refractivity contribution in [2.75, 3.05) is 0 Å². The van der Waals surface area contributed by atoms with E-state index in [4.69, 9.17) is 14.2 Å². The average molecular weight is 523 g/mol. The highest BCUT2D eigenvalue weighted by Gasteiger charge is 2.39. The van der Waals surface area contributed by atoms with Crippen molar-refractivity contribution >= 4 is 0 Å². The van der Waals surface area contributed by atoms with Crippen LogP contribution in [0.5, 0.6) is 28.7 Å². The zero-order valence-corrected chi connectivity index (χ0v) is 22.3. The molecule has 196 valence electrons. The predicted octanol–water partition coefficient (Wildman–Crippen LogP) is 9.73. The molecular weight excluding hydrogens is 492 g/mol. The molecule has 0 N–H and O–H groups in total. The second-order valence-electron chi connectivity index (χ2n) is 9.86. The summed E-state index contributed by atoms with van der Waals surface area (Å²) in [4.78, 5) is 0. The van der Waals surface area contributed by atoms with Crippen LogP contribution in [0, 0.1) is 5.92 Å². The largest absolute Gasteiger partial charge is 0.458 e. The van der Waals surface area contributed by atoms with Gasteiger partial charge in [0.05, 0.1) is 0 Å². The Morgan fingerprint density at radius 3 is 1.25 bits per heavy atom. The smallest absolute Gasteiger partial charge is 0.127 e. The Bertz CT molecular complexity index is 1500. The first kappa shape index (κ1) is 25.3. The molecule has 0 fully saturated rings. The van der Waals surface area contributed by atoms with Crippen molar-refractivity contribution in [1.29, 1.82) is 0 Å². The first-order valence-electron chi connectivity index (χ1n) is 13.5. The molecule has 6 rings (SSSR count). The average Bonchev–Trinajstić information content (AvgIpc) is 3.01. The molecule has 0 radical (unpaired) electrons. The molecule has 0 amide bonds. The molecule has 1 aliphatic carbocycles. The van der Waals surface area contributed by atoms with Crippen molar-refractivity contribution < 1.29 is 14.2 Å². The molecule has 5 aromatic rings. The first-order valence-corrected chi connectivity index (χ1v) is 13.5. The van der Waals surface area contributed by atoms with Crippen molar-refractivity contribution in [2.45, 2.75) is 12.3 Å². The van der Waals surface area contributed by atoms with Gasteiger partial charge in [-0.3, -0.25) is 0 Å². The molecule has 0 aromatic heterocycles. The normalized spacial score (nSPS) is 15.6. The quantitative estimate of drug-likeness (QED) is 0.203. The van der Waals surface area contributed by atoms with Gasteiger partial charge in [0.1, 0.15) is 34.5 Å². The topological polar surface area (TPSA) is 27.7 Å². The molecule has 0 saturated carbocycles. The van der Waals surface area contributed by atoms with Crippen LogP contribution in [-0.2, 0) is 5.41 Å². The van der Waals surface area contributed by atoms with Gasteiger partial charge in [0.15, 0.2) is 0 Å². The van der Waals surface area contributed by atoms with E-state index < -0.39 is 5.41 Å². The third-order valence-corrected chi connectivity index (χ3v) is 7.24. The second kappa shape index (κ2) is 11.4. The lowest BCUT2D eigenvalue weighted by Gasteiger charge is -2.39. The predicted molar refractivity (Wildman–Crippen MR) is 160 cm³/mol. The van der Waals surface area contributed by atoms with E-state index in [2.05, 4.69) is 49.4 Å². The van der Waals surface area contributed by atoms with Gasteiger partial charge in [0, 0.05) is 5.41 Å². The molecule has 0 spiro atoms. The number of para-hydroxylation sites is 3. The van der Waals surface area contributed by atoms with E-state index in [1.54, 1.807) is 0 Å². The van der Waals surface area contributed by atoms with E-state index in [1.165, 1.54) is 0 Å². The Morgan fingerprint density at radius 2 is 0.825 bits per heavy atom. The number of ether oxygens (including phenoxy) is 3. The Kier molecular flexibility index (Phi) is 7.19. The maximum Gasteiger partial charge on any atom is 0.127 e. The summed E-state index contributed by atoms with van der Waals surface area (Å²) in [6, 6.07) is 46.3. The Balaban J connectivity index is 1.38. The SMILES string of the molecule is CC1C=CC(Oc2ccccc2)=CC1(c1ccc(Oc2ccccc2)cc1)c1ccc(Oc2ccccc2)cc1. The lowest BCUT2D eigenvalue weighted by molar-refractivity contribution is 0.404. The molecule has 0 saturated heterocycles. The van der Waals surface area contributed by atoms with Crippen LogP contribution in [0.3, 0.4) is 0 Å². The highest BCUT2D eigenvalue weighted by Crippen LogP contribution is 2.46. The van der Waals surface area contributed by atoms with Crippen LogP contribution < -0.4 is 14.2 Å². The van der Waals surface area contributed by atoms with Gasteiger partial charge in [-0.15, -0.1) is 0 Å². The zero-order chi connectivity index (χ0) is 27.2. The Labute approximate surface area is 235 Å². The van der Waals surface area contributed by atoms with Gasteiger partial charge in [0.2, 0.25) is 0 Å². The molecule has 3 nitrogen and oxygen atoms in total. The van der Waals surface area contributed by atoms with E-state index >= 15 is 0 Å². The summed E-state index contributed by atoms with van der Waals surface area (Å²) in [5.41, 5.74) is 1.83. The van der Waals surface area contributed by atoms with Gasteiger partial charge in [-0.05, 0) is 89.9 Å². The first-order chi connectivity index (χ1) is 19.7. The minimum atomic E-state index is -0.463. The van der Waals surface area contributed by atoms with Crippen molar-refractivity contribution in [2.24, 2.45) is 5.92 Å². The third-order valence-electron chi connectivity index (χ3n) is 7.24. The Hall–Kier alpha value is -5.02. The molecule has 1 atom stereocenters. The molecule has 0 heterocycles. The van der Waals surface area contributed by atoms with Gasteiger partial charge in [-0.1, -0.05) is 91.9 Å². The summed E-state index contributed by atoms with van der Waals surface area (Å²) < 4.78 is 18.5. The van der Waals surface area contributed by atoms with Crippen molar-refractivity contribution in [3.63, 3.8) is 0 Å². The summed E-state index contributed by atoms with van der Waals surface area (Å²) in [5.74, 6) is 4.98. The van der Waals surface area contributed by atoms with Crippen molar-refractivity contribution in [1.82, 2.24) is 0 Å². The lowest BCUT2D eigenvalue weighted by atomic mass is 9.64. The van der Waals surface area contributed by atoms with Gasteiger partial charge >= 0.3 is 0 Å². The summed E-state index contributed by atoms with van der Waals surface area (Å²) in [7, 11) is 0. The number of rotatable bonds is 8. The maximum absolute atomic E-state index is 6.33. The summed E-state index contributed by atoms with van der Waals surface area (Å²) in [6.45, 7) is 2.25. The monoisotopic (exact) mass is 522 g/mol. The zero-order valence-electron chi connectivity index (χ0n) is 22.3. The number of allylic oxidation sites excluding steroid dienone is 3. The van der Waals surface area contributed by atoms with Crippen molar-refractivity contribution in [3.05, 3.63) is 175 Å². The number of hydrogen-bond donors (Lipinski definition) is 0. The molecule has 0 bridgehead atoms. The Morgan fingerprint density at radius 1 is 0.450 bits per heavy atom. The third kappa shape index (κ3) is 5.41. The highest BCUT2D eigenvalue weighted by molar-refractivity contribution is 5.53. The van der Waals surface area contributed by atoms with Crippen LogP contribution in [0.15, 0.2) is 164 Å². The molecular formula is C37H30O3. The van der Waals surface area contributed by atoms with E-state index in [1.807, 2.05) is 115 Å². The minimum Gasteiger partial charge on any atom is -0.458 e.